The molecule has 0 aromatic heterocycles. The van der Waals surface area contributed by atoms with Gasteiger partial charge in [0.2, 0.25) is 6.41 Å². The Morgan fingerprint density at radius 3 is 2.80 bits per heavy atom. The molecule has 1 fully saturated rings. The number of hydrogen-bond acceptors (Lipinski definition) is 2. The monoisotopic (exact) mass is 138 g/mol. The van der Waals surface area contributed by atoms with Crippen molar-refractivity contribution in [3.05, 3.63) is 0 Å². The maximum absolute atomic E-state index is 9.81. The molecule has 1 amide bonds. The fourth-order valence-corrected chi connectivity index (χ4v) is 0.939. The van der Waals surface area contributed by atoms with Gasteiger partial charge >= 0.3 is 0 Å². The van der Waals surface area contributed by atoms with Crippen LogP contribution >= 0.6 is 0 Å². The Kier molecular flexibility index (Phi) is 1.91. The van der Waals surface area contributed by atoms with Crippen molar-refractivity contribution in [3.63, 3.8) is 0 Å². The summed E-state index contributed by atoms with van der Waals surface area (Å²) in [6, 6.07) is 2.26. The van der Waals surface area contributed by atoms with Gasteiger partial charge in [0.15, 0.2) is 0 Å². The molecule has 0 atom stereocenters. The van der Waals surface area contributed by atoms with Crippen LogP contribution in [0.15, 0.2) is 0 Å². The Hall–Kier alpha value is -1.04. The third-order valence-corrected chi connectivity index (χ3v) is 1.92. The molecule has 1 rings (SSSR count). The van der Waals surface area contributed by atoms with E-state index in [0.29, 0.717) is 13.0 Å². The highest BCUT2D eigenvalue weighted by Gasteiger charge is 2.42. The molecule has 10 heavy (non-hydrogen) atoms. The van der Waals surface area contributed by atoms with Gasteiger partial charge in [-0.05, 0) is 19.3 Å². The van der Waals surface area contributed by atoms with Gasteiger partial charge in [0, 0.05) is 6.54 Å². The lowest BCUT2D eigenvalue weighted by molar-refractivity contribution is -0.109. The van der Waals surface area contributed by atoms with Crippen LogP contribution in [0, 0.1) is 16.7 Å². The second-order valence-electron chi connectivity index (χ2n) is 2.71. The molecule has 0 saturated heterocycles. The van der Waals surface area contributed by atoms with Crippen molar-refractivity contribution >= 4 is 6.41 Å². The first-order valence-electron chi connectivity index (χ1n) is 3.41. The summed E-state index contributed by atoms with van der Waals surface area (Å²) in [5.41, 5.74) is -0.0734. The Balaban J connectivity index is 2.14. The number of rotatable bonds is 4. The van der Waals surface area contributed by atoms with Gasteiger partial charge in [0.25, 0.3) is 0 Å². The molecule has 1 N–H and O–H groups in total. The van der Waals surface area contributed by atoms with E-state index >= 15 is 0 Å². The fourth-order valence-electron chi connectivity index (χ4n) is 0.939. The van der Waals surface area contributed by atoms with Crippen LogP contribution in [0.4, 0.5) is 0 Å². The lowest BCUT2D eigenvalue weighted by atomic mass is 10.1. The molecule has 54 valence electrons. The Morgan fingerprint density at radius 2 is 2.40 bits per heavy atom. The number of nitrogens with one attached hydrogen (secondary N) is 1. The summed E-state index contributed by atoms with van der Waals surface area (Å²) in [5, 5.41) is 11.1. The summed E-state index contributed by atoms with van der Waals surface area (Å²) >= 11 is 0. The van der Waals surface area contributed by atoms with E-state index in [-0.39, 0.29) is 5.41 Å². The quantitative estimate of drug-likeness (QED) is 0.452. The van der Waals surface area contributed by atoms with Crippen molar-refractivity contribution < 1.29 is 4.79 Å². The second kappa shape index (κ2) is 2.70. The van der Waals surface area contributed by atoms with Crippen LogP contribution in [0.25, 0.3) is 0 Å². The zero-order valence-corrected chi connectivity index (χ0v) is 5.76. The van der Waals surface area contributed by atoms with E-state index in [1.54, 1.807) is 0 Å². The van der Waals surface area contributed by atoms with E-state index in [4.69, 9.17) is 5.26 Å². The van der Waals surface area contributed by atoms with Crippen molar-refractivity contribution in [3.8, 4) is 6.07 Å². The predicted molar refractivity (Wildman–Crippen MR) is 36.0 cm³/mol. The van der Waals surface area contributed by atoms with Crippen LogP contribution < -0.4 is 5.32 Å². The maximum atomic E-state index is 9.81. The first-order valence-corrected chi connectivity index (χ1v) is 3.41. The molecule has 0 aromatic rings. The van der Waals surface area contributed by atoms with Crippen molar-refractivity contribution in [2.45, 2.75) is 19.3 Å². The lowest BCUT2D eigenvalue weighted by Gasteiger charge is -2.02. The maximum Gasteiger partial charge on any atom is 0.207 e. The number of carbonyl (C=O) groups excluding carboxylic acids is 1. The van der Waals surface area contributed by atoms with Gasteiger partial charge in [-0.1, -0.05) is 0 Å². The summed E-state index contributed by atoms with van der Waals surface area (Å²) in [6.07, 6.45) is 3.49. The first kappa shape index (κ1) is 7.07. The minimum atomic E-state index is -0.0734. The zero-order chi connectivity index (χ0) is 7.45. The highest BCUT2D eigenvalue weighted by Crippen LogP contribution is 2.47. The summed E-state index contributed by atoms with van der Waals surface area (Å²) in [4.78, 5) is 9.81. The lowest BCUT2D eigenvalue weighted by Crippen LogP contribution is -2.15. The number of carbonyl (C=O) groups is 1. The van der Waals surface area contributed by atoms with Gasteiger partial charge in [0.05, 0.1) is 11.5 Å². The van der Waals surface area contributed by atoms with Gasteiger partial charge in [-0.2, -0.15) is 5.26 Å². The van der Waals surface area contributed by atoms with E-state index in [2.05, 4.69) is 11.4 Å². The standard InChI is InChI=1S/C7H10N2O/c8-5-7(1-2-7)3-4-9-6-10/h6H,1-4H2,(H,9,10). The molecule has 0 spiro atoms. The van der Waals surface area contributed by atoms with Gasteiger partial charge in [-0.3, -0.25) is 4.79 Å². The Labute approximate surface area is 60.0 Å². The molecular formula is C7H10N2O. The second-order valence-corrected chi connectivity index (χ2v) is 2.71. The summed E-state index contributed by atoms with van der Waals surface area (Å²) in [6.45, 7) is 0.636. The molecule has 0 unspecified atom stereocenters. The predicted octanol–water partition coefficient (Wildman–Crippen LogP) is 0.426. The highest BCUT2D eigenvalue weighted by atomic mass is 16.1. The minimum Gasteiger partial charge on any atom is -0.359 e. The Morgan fingerprint density at radius 1 is 1.70 bits per heavy atom. The highest BCUT2D eigenvalue weighted by molar-refractivity contribution is 5.45. The first-order chi connectivity index (χ1) is 4.83. The molecule has 1 aliphatic carbocycles. The van der Waals surface area contributed by atoms with Gasteiger partial charge in [0.1, 0.15) is 0 Å². The van der Waals surface area contributed by atoms with Crippen LogP contribution in [0.3, 0.4) is 0 Å². The Bertz CT molecular complexity index is 167. The van der Waals surface area contributed by atoms with Crippen LogP contribution in [0.5, 0.6) is 0 Å². The topological polar surface area (TPSA) is 52.9 Å². The van der Waals surface area contributed by atoms with Crippen LogP contribution in [-0.2, 0) is 4.79 Å². The molecule has 1 saturated carbocycles. The summed E-state index contributed by atoms with van der Waals surface area (Å²) in [7, 11) is 0. The largest absolute Gasteiger partial charge is 0.359 e. The van der Waals surface area contributed by atoms with Crippen LogP contribution in [0.1, 0.15) is 19.3 Å². The third kappa shape index (κ3) is 1.47. The third-order valence-electron chi connectivity index (χ3n) is 1.92. The van der Waals surface area contributed by atoms with Crippen molar-refractivity contribution in [2.75, 3.05) is 6.54 Å². The van der Waals surface area contributed by atoms with Crippen molar-refractivity contribution in [1.29, 1.82) is 5.26 Å². The van der Waals surface area contributed by atoms with E-state index in [9.17, 15) is 4.79 Å². The van der Waals surface area contributed by atoms with Gasteiger partial charge < -0.3 is 5.32 Å². The molecule has 1 aliphatic rings. The molecule has 3 nitrogen and oxygen atoms in total. The smallest absolute Gasteiger partial charge is 0.207 e. The minimum absolute atomic E-state index is 0.0734. The fraction of sp³-hybridized carbons (Fsp3) is 0.714. The average Bonchev–Trinajstić information content (AvgIpc) is 2.70. The number of amides is 1. The van der Waals surface area contributed by atoms with Crippen molar-refractivity contribution in [1.82, 2.24) is 5.32 Å². The molecule has 0 aliphatic heterocycles. The van der Waals surface area contributed by atoms with E-state index < -0.39 is 0 Å². The van der Waals surface area contributed by atoms with Crippen LogP contribution in [-0.4, -0.2) is 13.0 Å². The van der Waals surface area contributed by atoms with Gasteiger partial charge in [-0.15, -0.1) is 0 Å². The molecule has 0 bridgehead atoms. The number of nitrogens with zero attached hydrogens (tertiary/aromatic N) is 1. The van der Waals surface area contributed by atoms with Crippen LogP contribution in [0.2, 0.25) is 0 Å². The summed E-state index contributed by atoms with van der Waals surface area (Å²) < 4.78 is 0. The number of nitriles is 1. The zero-order valence-electron chi connectivity index (χ0n) is 5.76. The van der Waals surface area contributed by atoms with E-state index in [1.165, 1.54) is 0 Å². The molecule has 0 heterocycles. The average molecular weight is 138 g/mol. The molecular weight excluding hydrogens is 128 g/mol. The van der Waals surface area contributed by atoms with E-state index in [0.717, 1.165) is 19.3 Å². The molecule has 0 radical (unpaired) electrons. The van der Waals surface area contributed by atoms with E-state index in [1.807, 2.05) is 0 Å². The SMILES string of the molecule is N#CC1(CCNC=O)CC1. The molecule has 0 aromatic carbocycles. The molecule has 3 heteroatoms. The van der Waals surface area contributed by atoms with Crippen molar-refractivity contribution in [2.24, 2.45) is 5.41 Å². The number of hydrogen-bond donors (Lipinski definition) is 1. The normalized spacial score (nSPS) is 19.1. The van der Waals surface area contributed by atoms with Gasteiger partial charge in [-0.25, -0.2) is 0 Å². The summed E-state index contributed by atoms with van der Waals surface area (Å²) in [5.74, 6) is 0.